The SMILES string of the molecule is COc1cccc2cc(-c3nnc(C)c4c3C=C4)oc12. The van der Waals surface area contributed by atoms with E-state index in [1.165, 1.54) is 0 Å². The molecular formula is C16H12N2O2. The number of fused-ring (bicyclic) bond motifs is 2. The van der Waals surface area contributed by atoms with Crippen LogP contribution in [0.2, 0.25) is 0 Å². The summed E-state index contributed by atoms with van der Waals surface area (Å²) in [4.78, 5) is 0. The average molecular weight is 264 g/mol. The highest BCUT2D eigenvalue weighted by Crippen LogP contribution is 2.37. The molecule has 0 fully saturated rings. The van der Waals surface area contributed by atoms with Gasteiger partial charge in [-0.1, -0.05) is 24.3 Å². The Hall–Kier alpha value is -2.62. The van der Waals surface area contributed by atoms with E-state index in [1.54, 1.807) is 7.11 Å². The average Bonchev–Trinajstić information content (AvgIpc) is 2.84. The number of rotatable bonds is 2. The fourth-order valence-corrected chi connectivity index (χ4v) is 2.50. The summed E-state index contributed by atoms with van der Waals surface area (Å²) in [7, 11) is 1.64. The largest absolute Gasteiger partial charge is 0.493 e. The Morgan fingerprint density at radius 1 is 1.10 bits per heavy atom. The summed E-state index contributed by atoms with van der Waals surface area (Å²) in [5.41, 5.74) is 4.70. The van der Waals surface area contributed by atoms with E-state index in [0.717, 1.165) is 45.0 Å². The minimum atomic E-state index is 0.720. The van der Waals surface area contributed by atoms with E-state index >= 15 is 0 Å². The molecule has 1 aliphatic carbocycles. The summed E-state index contributed by atoms with van der Waals surface area (Å²) in [6.45, 7) is 1.96. The summed E-state index contributed by atoms with van der Waals surface area (Å²) in [5, 5.41) is 9.46. The van der Waals surface area contributed by atoms with Crippen LogP contribution in [0.4, 0.5) is 0 Å². The van der Waals surface area contributed by atoms with Gasteiger partial charge in [-0.05, 0) is 19.1 Å². The number of hydrogen-bond donors (Lipinski definition) is 0. The predicted molar refractivity (Wildman–Crippen MR) is 77.5 cm³/mol. The molecule has 3 aromatic rings. The van der Waals surface area contributed by atoms with Crippen molar-refractivity contribution in [2.75, 3.05) is 7.11 Å². The van der Waals surface area contributed by atoms with Gasteiger partial charge in [0.2, 0.25) is 0 Å². The Balaban J connectivity index is 1.94. The van der Waals surface area contributed by atoms with Crippen molar-refractivity contribution in [2.45, 2.75) is 6.92 Å². The summed E-state index contributed by atoms with van der Waals surface area (Å²) >= 11 is 0. The van der Waals surface area contributed by atoms with E-state index in [0.29, 0.717) is 0 Å². The first kappa shape index (κ1) is 11.2. The molecule has 0 N–H and O–H groups in total. The van der Waals surface area contributed by atoms with Gasteiger partial charge in [0.1, 0.15) is 5.69 Å². The van der Waals surface area contributed by atoms with Crippen molar-refractivity contribution in [2.24, 2.45) is 0 Å². The first-order valence-corrected chi connectivity index (χ1v) is 6.40. The van der Waals surface area contributed by atoms with Crippen molar-refractivity contribution < 1.29 is 9.15 Å². The number of hydrogen-bond acceptors (Lipinski definition) is 4. The van der Waals surface area contributed by atoms with Crippen LogP contribution in [0.1, 0.15) is 16.8 Å². The number of aromatic nitrogens is 2. The topological polar surface area (TPSA) is 48.2 Å². The van der Waals surface area contributed by atoms with Gasteiger partial charge in [0, 0.05) is 16.5 Å². The number of methoxy groups -OCH3 is 1. The molecule has 4 nitrogen and oxygen atoms in total. The Morgan fingerprint density at radius 3 is 2.70 bits per heavy atom. The monoisotopic (exact) mass is 264 g/mol. The van der Waals surface area contributed by atoms with E-state index in [9.17, 15) is 0 Å². The van der Waals surface area contributed by atoms with Gasteiger partial charge < -0.3 is 9.15 Å². The van der Waals surface area contributed by atoms with Crippen LogP contribution in [0.15, 0.2) is 28.7 Å². The third-order valence-electron chi connectivity index (χ3n) is 3.61. The van der Waals surface area contributed by atoms with Gasteiger partial charge in [0.05, 0.1) is 12.8 Å². The molecule has 0 radical (unpaired) electrons. The number of ether oxygens (including phenoxy) is 1. The van der Waals surface area contributed by atoms with E-state index < -0.39 is 0 Å². The quantitative estimate of drug-likeness (QED) is 0.554. The zero-order valence-electron chi connectivity index (χ0n) is 11.2. The standard InChI is InChI=1S/C16H12N2O2/c1-9-11-6-7-12(11)15(18-17-9)14-8-10-4-3-5-13(19-2)16(10)20-14/h3-8H,1-2H3. The van der Waals surface area contributed by atoms with E-state index in [1.807, 2.05) is 43.3 Å². The Kier molecular flexibility index (Phi) is 2.21. The van der Waals surface area contributed by atoms with E-state index in [-0.39, 0.29) is 0 Å². The highest BCUT2D eigenvalue weighted by Gasteiger charge is 2.20. The normalized spacial score (nSPS) is 12.3. The first-order chi connectivity index (χ1) is 9.78. The van der Waals surface area contributed by atoms with Crippen molar-refractivity contribution in [3.8, 4) is 17.2 Å². The van der Waals surface area contributed by atoms with Crippen molar-refractivity contribution in [3.05, 3.63) is 41.1 Å². The molecule has 2 aromatic heterocycles. The molecule has 4 rings (SSSR count). The van der Waals surface area contributed by atoms with Crippen LogP contribution in [-0.4, -0.2) is 17.3 Å². The Bertz CT molecular complexity index is 862. The number of benzene rings is 1. The van der Waals surface area contributed by atoms with Crippen LogP contribution in [-0.2, 0) is 0 Å². The summed E-state index contributed by atoms with van der Waals surface area (Å²) in [6.07, 6.45) is 4.09. The van der Waals surface area contributed by atoms with E-state index in [4.69, 9.17) is 9.15 Å². The van der Waals surface area contributed by atoms with Crippen LogP contribution in [0.25, 0.3) is 34.6 Å². The fourth-order valence-electron chi connectivity index (χ4n) is 2.50. The van der Waals surface area contributed by atoms with E-state index in [2.05, 4.69) is 10.2 Å². The van der Waals surface area contributed by atoms with Crippen LogP contribution < -0.4 is 4.74 Å². The minimum absolute atomic E-state index is 0.720. The van der Waals surface area contributed by atoms with Gasteiger partial charge in [-0.25, -0.2) is 0 Å². The third kappa shape index (κ3) is 1.42. The zero-order chi connectivity index (χ0) is 13.7. The molecule has 0 bridgehead atoms. The maximum absolute atomic E-state index is 5.92. The highest BCUT2D eigenvalue weighted by molar-refractivity contribution is 5.94. The summed E-state index contributed by atoms with van der Waals surface area (Å²) < 4.78 is 11.2. The lowest BCUT2D eigenvalue weighted by molar-refractivity contribution is 0.411. The number of furan rings is 1. The van der Waals surface area contributed by atoms with Crippen LogP contribution in [0.3, 0.4) is 0 Å². The minimum Gasteiger partial charge on any atom is -0.493 e. The molecule has 1 aromatic carbocycles. The van der Waals surface area contributed by atoms with Crippen LogP contribution in [0, 0.1) is 6.92 Å². The molecule has 20 heavy (non-hydrogen) atoms. The number of para-hydroxylation sites is 1. The summed E-state index contributed by atoms with van der Waals surface area (Å²) in [5.74, 6) is 1.45. The Labute approximate surface area is 115 Å². The van der Waals surface area contributed by atoms with Crippen molar-refractivity contribution in [1.82, 2.24) is 10.2 Å². The van der Waals surface area contributed by atoms with Crippen LogP contribution >= 0.6 is 0 Å². The van der Waals surface area contributed by atoms with Gasteiger partial charge in [-0.3, -0.25) is 0 Å². The second kappa shape index (κ2) is 3.93. The summed E-state index contributed by atoms with van der Waals surface area (Å²) in [6, 6.07) is 7.80. The molecule has 0 saturated heterocycles. The van der Waals surface area contributed by atoms with Gasteiger partial charge in [0.25, 0.3) is 0 Å². The molecule has 0 aliphatic heterocycles. The smallest absolute Gasteiger partial charge is 0.176 e. The van der Waals surface area contributed by atoms with Gasteiger partial charge in [0.15, 0.2) is 17.1 Å². The maximum atomic E-state index is 5.92. The molecule has 0 saturated carbocycles. The maximum Gasteiger partial charge on any atom is 0.176 e. The van der Waals surface area contributed by atoms with Gasteiger partial charge >= 0.3 is 0 Å². The molecule has 98 valence electrons. The zero-order valence-corrected chi connectivity index (χ0v) is 11.2. The first-order valence-electron chi connectivity index (χ1n) is 6.40. The molecule has 2 heterocycles. The fraction of sp³-hybridized carbons (Fsp3) is 0.125. The Morgan fingerprint density at radius 2 is 1.95 bits per heavy atom. The number of aryl methyl sites for hydroxylation is 1. The van der Waals surface area contributed by atoms with Crippen LogP contribution in [0.5, 0.6) is 5.75 Å². The molecule has 4 heteroatoms. The highest BCUT2D eigenvalue weighted by atomic mass is 16.5. The second-order valence-corrected chi connectivity index (χ2v) is 4.78. The lowest BCUT2D eigenvalue weighted by atomic mass is 9.94. The van der Waals surface area contributed by atoms with Crippen molar-refractivity contribution in [1.29, 1.82) is 0 Å². The second-order valence-electron chi connectivity index (χ2n) is 4.78. The molecule has 0 spiro atoms. The van der Waals surface area contributed by atoms with Gasteiger partial charge in [-0.2, -0.15) is 5.10 Å². The predicted octanol–water partition coefficient (Wildman–Crippen LogP) is 3.69. The lowest BCUT2D eigenvalue weighted by Crippen LogP contribution is -2.03. The van der Waals surface area contributed by atoms with Crippen molar-refractivity contribution in [3.63, 3.8) is 0 Å². The molecule has 0 atom stereocenters. The molecule has 0 unspecified atom stereocenters. The molecular weight excluding hydrogens is 252 g/mol. The third-order valence-corrected chi connectivity index (χ3v) is 3.61. The number of nitrogens with zero attached hydrogens (tertiary/aromatic N) is 2. The van der Waals surface area contributed by atoms with Crippen molar-refractivity contribution >= 4 is 23.1 Å². The lowest BCUT2D eigenvalue weighted by Gasteiger charge is -2.14. The molecule has 0 amide bonds. The molecule has 1 aliphatic rings. The van der Waals surface area contributed by atoms with Gasteiger partial charge in [-0.15, -0.1) is 5.10 Å².